The average Bonchev–Trinajstić information content (AvgIpc) is 2.97. The maximum atomic E-state index is 4.50. The highest BCUT2D eigenvalue weighted by Crippen LogP contribution is 2.54. The largest absolute Gasteiger partial charge is 0.213 e. The number of allylic oxidation sites excluding steroid dienone is 1. The van der Waals surface area contributed by atoms with Gasteiger partial charge in [-0.25, -0.2) is 0 Å². The van der Waals surface area contributed by atoms with Gasteiger partial charge in [0.1, 0.15) is 0 Å². The van der Waals surface area contributed by atoms with E-state index in [-0.39, 0.29) is 21.8 Å². The third-order valence-corrected chi connectivity index (χ3v) is 10.4. The quantitative estimate of drug-likeness (QED) is 0.194. The maximum absolute atomic E-state index is 4.50. The highest BCUT2D eigenvalue weighted by atomic mass is 15.1. The Morgan fingerprint density at radius 3 is 2.00 bits per heavy atom. The van der Waals surface area contributed by atoms with E-state index < -0.39 is 0 Å². The Labute approximate surface area is 225 Å². The number of fused-ring (bicyclic) bond motifs is 4. The van der Waals surface area contributed by atoms with Gasteiger partial charge in [0.05, 0.1) is 11.0 Å². The van der Waals surface area contributed by atoms with Gasteiger partial charge in [-0.05, 0) is 83.9 Å². The first-order chi connectivity index (χ1) is 17.5. The molecule has 1 aliphatic heterocycles. The monoisotopic (exact) mass is 492 g/mol. The van der Waals surface area contributed by atoms with Gasteiger partial charge in [-0.15, -0.1) is 0 Å². The van der Waals surface area contributed by atoms with Crippen molar-refractivity contribution in [2.45, 2.75) is 109 Å². The maximum Gasteiger partial charge on any atom is 0.213 e. The van der Waals surface area contributed by atoms with Crippen LogP contribution < -0.4 is 4.57 Å². The molecule has 37 heavy (non-hydrogen) atoms. The topological polar surface area (TPSA) is 3.88 Å². The van der Waals surface area contributed by atoms with Crippen molar-refractivity contribution < 1.29 is 4.57 Å². The van der Waals surface area contributed by atoms with Crippen molar-refractivity contribution in [3.63, 3.8) is 0 Å². The fourth-order valence-corrected chi connectivity index (χ4v) is 7.76. The molecule has 0 bridgehead atoms. The lowest BCUT2D eigenvalue weighted by Crippen LogP contribution is -2.68. The predicted octanol–water partition coefficient (Wildman–Crippen LogP) is 9.33. The molecule has 1 heteroatoms. The molecule has 0 fully saturated rings. The van der Waals surface area contributed by atoms with Gasteiger partial charge >= 0.3 is 0 Å². The van der Waals surface area contributed by atoms with Gasteiger partial charge in [0.2, 0.25) is 5.69 Å². The molecular weight excluding hydrogens is 446 g/mol. The van der Waals surface area contributed by atoms with Gasteiger partial charge in [0, 0.05) is 18.1 Å². The Morgan fingerprint density at radius 2 is 1.43 bits per heavy atom. The van der Waals surface area contributed by atoms with Gasteiger partial charge < -0.3 is 0 Å². The van der Waals surface area contributed by atoms with Crippen LogP contribution in [0.2, 0.25) is 0 Å². The first-order valence-electron chi connectivity index (χ1n) is 14.4. The predicted molar refractivity (Wildman–Crippen MR) is 158 cm³/mol. The summed E-state index contributed by atoms with van der Waals surface area (Å²) in [7, 11) is 0. The van der Waals surface area contributed by atoms with Gasteiger partial charge in [0.25, 0.3) is 0 Å². The van der Waals surface area contributed by atoms with Gasteiger partial charge in [-0.2, -0.15) is 4.57 Å². The normalized spacial score (nSPS) is 25.4. The number of hydrogen-bond acceptors (Lipinski definition) is 0. The van der Waals surface area contributed by atoms with E-state index in [4.69, 9.17) is 0 Å². The Kier molecular flexibility index (Phi) is 6.09. The van der Waals surface area contributed by atoms with E-state index in [0.717, 1.165) is 12.8 Å². The van der Waals surface area contributed by atoms with Crippen LogP contribution in [0.4, 0.5) is 0 Å². The number of hydrogen-bond donors (Lipinski definition) is 0. The second-order valence-corrected chi connectivity index (χ2v) is 13.2. The minimum absolute atomic E-state index is 0.0682. The molecule has 1 nitrogen and oxygen atoms in total. The summed E-state index contributed by atoms with van der Waals surface area (Å²) >= 11 is 0. The Morgan fingerprint density at radius 1 is 0.811 bits per heavy atom. The summed E-state index contributed by atoms with van der Waals surface area (Å²) < 4.78 is 2.60. The van der Waals surface area contributed by atoms with Crippen LogP contribution in [0.3, 0.4) is 0 Å². The SMILES string of the molecule is C=CC1(CC)[n+]2cc(-c3ccccc3)c(C)cc2-c2cc3c(cc2C1(C)CC)C(C)(C)CCCC3(C)C. The summed E-state index contributed by atoms with van der Waals surface area (Å²) in [6.07, 6.45) is 10.5. The number of rotatable bonds is 4. The van der Waals surface area contributed by atoms with Crippen molar-refractivity contribution in [2.24, 2.45) is 0 Å². The highest BCUT2D eigenvalue weighted by Gasteiger charge is 2.58. The van der Waals surface area contributed by atoms with E-state index in [1.54, 1.807) is 11.1 Å². The number of pyridine rings is 1. The number of aromatic nitrogens is 1. The smallest absolute Gasteiger partial charge is 0.188 e. The van der Waals surface area contributed by atoms with E-state index in [9.17, 15) is 0 Å². The van der Waals surface area contributed by atoms with E-state index in [0.29, 0.717) is 0 Å². The Hall–Kier alpha value is -2.67. The molecule has 2 aliphatic rings. The first-order valence-corrected chi connectivity index (χ1v) is 14.4. The second-order valence-electron chi connectivity index (χ2n) is 13.2. The van der Waals surface area contributed by atoms with E-state index in [2.05, 4.69) is 127 Å². The van der Waals surface area contributed by atoms with E-state index in [1.165, 1.54) is 52.8 Å². The van der Waals surface area contributed by atoms with Crippen LogP contribution in [0.25, 0.3) is 22.4 Å². The molecule has 194 valence electrons. The number of benzene rings is 2. The molecule has 2 atom stereocenters. The van der Waals surface area contributed by atoms with Crippen molar-refractivity contribution in [1.82, 2.24) is 0 Å². The molecule has 0 N–H and O–H groups in total. The van der Waals surface area contributed by atoms with Crippen LogP contribution in [-0.2, 0) is 21.8 Å². The summed E-state index contributed by atoms with van der Waals surface area (Å²) in [5.74, 6) is 0. The van der Waals surface area contributed by atoms with Crippen LogP contribution in [0, 0.1) is 6.92 Å². The van der Waals surface area contributed by atoms with Gasteiger partial charge in [-0.3, -0.25) is 0 Å². The first kappa shape index (κ1) is 26.0. The van der Waals surface area contributed by atoms with Crippen molar-refractivity contribution in [3.05, 3.63) is 89.6 Å². The van der Waals surface area contributed by atoms with E-state index >= 15 is 0 Å². The highest BCUT2D eigenvalue weighted by molar-refractivity contribution is 5.73. The Bertz CT molecular complexity index is 1360. The van der Waals surface area contributed by atoms with Crippen molar-refractivity contribution in [1.29, 1.82) is 0 Å². The summed E-state index contributed by atoms with van der Waals surface area (Å²) in [6, 6.07) is 18.5. The molecule has 0 saturated heterocycles. The third-order valence-electron chi connectivity index (χ3n) is 10.4. The zero-order valence-corrected chi connectivity index (χ0v) is 24.5. The summed E-state index contributed by atoms with van der Waals surface area (Å²) in [6.45, 7) is 23.8. The molecule has 3 aromatic rings. The molecule has 2 aromatic carbocycles. The average molecular weight is 493 g/mol. The molecule has 2 unspecified atom stereocenters. The fourth-order valence-electron chi connectivity index (χ4n) is 7.76. The molecule has 0 radical (unpaired) electrons. The minimum atomic E-state index is -0.208. The number of aryl methyl sites for hydroxylation is 1. The lowest BCUT2D eigenvalue weighted by atomic mass is 9.58. The Balaban J connectivity index is 1.92. The standard InChI is InChI=1S/C36H46N/c1-10-35(9)29-23-31-30(33(5,6)19-16-20-34(31,7)8)22-27(29)32-21-25(4)28(26-17-14-13-15-18-26)24-37(32)36(35,11-2)12-3/h11,13-15,17-18,21-24H,2,10,12,16,19-20H2,1,3-9H3/q+1. The van der Waals surface area contributed by atoms with Crippen LogP contribution in [0.1, 0.15) is 103 Å². The van der Waals surface area contributed by atoms with Crippen molar-refractivity contribution in [2.75, 3.05) is 0 Å². The molecule has 0 amide bonds. The lowest BCUT2D eigenvalue weighted by molar-refractivity contribution is -0.755. The summed E-state index contributed by atoms with van der Waals surface area (Å²) in [5, 5.41) is 0. The molecule has 0 spiro atoms. The number of nitrogens with zero attached hydrogens (tertiary/aromatic N) is 1. The van der Waals surface area contributed by atoms with E-state index in [1.807, 2.05) is 0 Å². The van der Waals surface area contributed by atoms with Crippen molar-refractivity contribution in [3.8, 4) is 22.4 Å². The minimum Gasteiger partial charge on any atom is -0.188 e. The molecule has 1 aliphatic carbocycles. The van der Waals surface area contributed by atoms with Crippen LogP contribution in [0.15, 0.2) is 67.4 Å². The van der Waals surface area contributed by atoms with Crippen LogP contribution in [-0.4, -0.2) is 0 Å². The third kappa shape index (κ3) is 3.60. The fraction of sp³-hybridized carbons (Fsp3) is 0.472. The molecular formula is C36H46N+. The lowest BCUT2D eigenvalue weighted by Gasteiger charge is -2.47. The van der Waals surface area contributed by atoms with Crippen molar-refractivity contribution >= 4 is 0 Å². The molecule has 0 saturated carbocycles. The second kappa shape index (κ2) is 8.69. The summed E-state index contributed by atoms with van der Waals surface area (Å²) in [5.41, 5.74) is 11.4. The summed E-state index contributed by atoms with van der Waals surface area (Å²) in [4.78, 5) is 0. The van der Waals surface area contributed by atoms with Crippen LogP contribution >= 0.6 is 0 Å². The van der Waals surface area contributed by atoms with Gasteiger partial charge in [-0.1, -0.05) is 90.9 Å². The molecule has 2 heterocycles. The van der Waals surface area contributed by atoms with Crippen LogP contribution in [0.5, 0.6) is 0 Å². The van der Waals surface area contributed by atoms with Gasteiger partial charge in [0.15, 0.2) is 11.7 Å². The zero-order valence-electron chi connectivity index (χ0n) is 24.5. The molecule has 5 rings (SSSR count). The molecule has 1 aromatic heterocycles. The zero-order chi connectivity index (χ0) is 26.8.